The smallest absolute Gasteiger partial charge is 0.237 e. The number of amides is 1. The van der Waals surface area contributed by atoms with Gasteiger partial charge >= 0.3 is 0 Å². The molecule has 0 aliphatic heterocycles. The molecule has 0 bridgehead atoms. The fourth-order valence-corrected chi connectivity index (χ4v) is 0.772. The number of hydrogen-bond donors (Lipinski definition) is 3. The van der Waals surface area contributed by atoms with Gasteiger partial charge in [-0.3, -0.25) is 4.79 Å². The number of nitrogens with two attached hydrogens (primary N) is 1. The SMILES string of the molecule is C[C@@H](CO)NC(=O)C(N)C(C)(C)C. The van der Waals surface area contributed by atoms with Crippen LogP contribution >= 0.6 is 0 Å². The summed E-state index contributed by atoms with van der Waals surface area (Å²) < 4.78 is 0. The van der Waals surface area contributed by atoms with Gasteiger partial charge in [0.25, 0.3) is 0 Å². The fraction of sp³-hybridized carbons (Fsp3) is 0.889. The molecule has 0 saturated heterocycles. The molecule has 1 unspecified atom stereocenters. The lowest BCUT2D eigenvalue weighted by atomic mass is 9.87. The molecule has 0 saturated carbocycles. The van der Waals surface area contributed by atoms with Crippen molar-refractivity contribution in [3.05, 3.63) is 0 Å². The molecule has 4 N–H and O–H groups in total. The summed E-state index contributed by atoms with van der Waals surface area (Å²) in [5.74, 6) is -0.214. The lowest BCUT2D eigenvalue weighted by Crippen LogP contribution is -2.51. The van der Waals surface area contributed by atoms with E-state index in [-0.39, 0.29) is 24.0 Å². The van der Waals surface area contributed by atoms with E-state index < -0.39 is 6.04 Å². The lowest BCUT2D eigenvalue weighted by molar-refractivity contribution is -0.125. The van der Waals surface area contributed by atoms with Crippen molar-refractivity contribution in [2.75, 3.05) is 6.61 Å². The highest BCUT2D eigenvalue weighted by atomic mass is 16.3. The molecule has 0 radical (unpaired) electrons. The zero-order valence-electron chi connectivity index (χ0n) is 8.79. The Morgan fingerprint density at radius 1 is 1.54 bits per heavy atom. The van der Waals surface area contributed by atoms with Gasteiger partial charge in [-0.1, -0.05) is 20.8 Å². The maximum absolute atomic E-state index is 11.4. The molecule has 0 aliphatic carbocycles. The number of nitrogens with one attached hydrogen (secondary N) is 1. The van der Waals surface area contributed by atoms with Crippen molar-refractivity contribution in [3.63, 3.8) is 0 Å². The fourth-order valence-electron chi connectivity index (χ4n) is 0.772. The first-order chi connectivity index (χ1) is 5.79. The largest absolute Gasteiger partial charge is 0.394 e. The molecule has 0 spiro atoms. The van der Waals surface area contributed by atoms with Gasteiger partial charge in [0.05, 0.1) is 12.6 Å². The maximum atomic E-state index is 11.4. The Labute approximate surface area is 79.5 Å². The first-order valence-electron chi connectivity index (χ1n) is 4.46. The van der Waals surface area contributed by atoms with Gasteiger partial charge in [0, 0.05) is 6.04 Å². The van der Waals surface area contributed by atoms with Crippen molar-refractivity contribution in [2.45, 2.75) is 39.8 Å². The summed E-state index contributed by atoms with van der Waals surface area (Å²) in [7, 11) is 0. The van der Waals surface area contributed by atoms with E-state index in [0.717, 1.165) is 0 Å². The predicted octanol–water partition coefficient (Wildman–Crippen LogP) is -0.143. The molecule has 1 amide bonds. The summed E-state index contributed by atoms with van der Waals surface area (Å²) in [4.78, 5) is 11.4. The molecular formula is C9H20N2O2. The van der Waals surface area contributed by atoms with E-state index in [4.69, 9.17) is 10.8 Å². The number of carbonyl (C=O) groups is 1. The van der Waals surface area contributed by atoms with Crippen LogP contribution in [0.15, 0.2) is 0 Å². The zero-order chi connectivity index (χ0) is 10.6. The summed E-state index contributed by atoms with van der Waals surface area (Å²) in [5.41, 5.74) is 5.45. The molecule has 4 heteroatoms. The van der Waals surface area contributed by atoms with Crippen LogP contribution < -0.4 is 11.1 Å². The average molecular weight is 188 g/mol. The molecule has 0 fully saturated rings. The Kier molecular flexibility index (Phi) is 4.36. The Morgan fingerprint density at radius 3 is 2.31 bits per heavy atom. The molecule has 2 atom stereocenters. The second kappa shape index (κ2) is 4.58. The third-order valence-corrected chi connectivity index (χ3v) is 1.88. The molecule has 0 heterocycles. The van der Waals surface area contributed by atoms with Gasteiger partial charge in [0.1, 0.15) is 0 Å². The van der Waals surface area contributed by atoms with Gasteiger partial charge in [-0.05, 0) is 12.3 Å². The summed E-state index contributed by atoms with van der Waals surface area (Å²) in [6.07, 6.45) is 0. The van der Waals surface area contributed by atoms with Gasteiger partial charge < -0.3 is 16.2 Å². The van der Waals surface area contributed by atoms with Crippen LogP contribution in [0.5, 0.6) is 0 Å². The standard InChI is InChI=1S/C9H20N2O2/c1-6(5-12)11-8(13)7(10)9(2,3)4/h6-7,12H,5,10H2,1-4H3,(H,11,13)/t6-,7?/m0/s1. The Morgan fingerprint density at radius 2 is 2.00 bits per heavy atom. The van der Waals surface area contributed by atoms with E-state index >= 15 is 0 Å². The van der Waals surface area contributed by atoms with Crippen LogP contribution in [0.3, 0.4) is 0 Å². The van der Waals surface area contributed by atoms with Gasteiger partial charge in [-0.2, -0.15) is 0 Å². The van der Waals surface area contributed by atoms with E-state index in [0.29, 0.717) is 0 Å². The summed E-state index contributed by atoms with van der Waals surface area (Å²) in [6.45, 7) is 7.37. The molecule has 4 nitrogen and oxygen atoms in total. The van der Waals surface area contributed by atoms with Crippen molar-refractivity contribution in [3.8, 4) is 0 Å². The molecule has 13 heavy (non-hydrogen) atoms. The van der Waals surface area contributed by atoms with Crippen LogP contribution in [0, 0.1) is 5.41 Å². The van der Waals surface area contributed by atoms with Crippen LogP contribution in [0.4, 0.5) is 0 Å². The van der Waals surface area contributed by atoms with E-state index in [1.54, 1.807) is 6.92 Å². The summed E-state index contributed by atoms with van der Waals surface area (Å²) in [6, 6.07) is -0.776. The van der Waals surface area contributed by atoms with Crippen LogP contribution in [-0.2, 0) is 4.79 Å². The topological polar surface area (TPSA) is 75.3 Å². The average Bonchev–Trinajstić information content (AvgIpc) is 2.01. The molecule has 0 aliphatic rings. The Hall–Kier alpha value is -0.610. The zero-order valence-corrected chi connectivity index (χ0v) is 8.79. The van der Waals surface area contributed by atoms with E-state index in [2.05, 4.69) is 5.32 Å². The number of aliphatic hydroxyl groups excluding tert-OH is 1. The highest BCUT2D eigenvalue weighted by Gasteiger charge is 2.27. The minimum absolute atomic E-state index is 0.0669. The highest BCUT2D eigenvalue weighted by molar-refractivity contribution is 5.82. The van der Waals surface area contributed by atoms with Crippen molar-refractivity contribution < 1.29 is 9.90 Å². The lowest BCUT2D eigenvalue weighted by Gasteiger charge is -2.26. The van der Waals surface area contributed by atoms with Crippen LogP contribution in [0.1, 0.15) is 27.7 Å². The molecule has 0 aromatic carbocycles. The van der Waals surface area contributed by atoms with Crippen molar-refractivity contribution in [1.82, 2.24) is 5.32 Å². The minimum Gasteiger partial charge on any atom is -0.394 e. The predicted molar refractivity (Wildman–Crippen MR) is 52.1 cm³/mol. The second-order valence-electron chi connectivity index (χ2n) is 4.44. The Balaban J connectivity index is 4.12. The molecule has 0 aromatic rings. The van der Waals surface area contributed by atoms with Crippen molar-refractivity contribution in [1.29, 1.82) is 0 Å². The van der Waals surface area contributed by atoms with Gasteiger partial charge in [-0.15, -0.1) is 0 Å². The van der Waals surface area contributed by atoms with Crippen molar-refractivity contribution >= 4 is 5.91 Å². The molecule has 0 aromatic heterocycles. The van der Waals surface area contributed by atoms with Crippen LogP contribution in [-0.4, -0.2) is 29.7 Å². The summed E-state index contributed by atoms with van der Waals surface area (Å²) >= 11 is 0. The van der Waals surface area contributed by atoms with Crippen LogP contribution in [0.25, 0.3) is 0 Å². The monoisotopic (exact) mass is 188 g/mol. The van der Waals surface area contributed by atoms with E-state index in [9.17, 15) is 4.79 Å². The number of hydrogen-bond acceptors (Lipinski definition) is 3. The van der Waals surface area contributed by atoms with Gasteiger partial charge in [0.15, 0.2) is 0 Å². The van der Waals surface area contributed by atoms with E-state index in [1.165, 1.54) is 0 Å². The first kappa shape index (κ1) is 12.4. The van der Waals surface area contributed by atoms with Gasteiger partial charge in [0.2, 0.25) is 5.91 Å². The molecule has 78 valence electrons. The van der Waals surface area contributed by atoms with Crippen molar-refractivity contribution in [2.24, 2.45) is 11.1 Å². The third-order valence-electron chi connectivity index (χ3n) is 1.88. The highest BCUT2D eigenvalue weighted by Crippen LogP contribution is 2.17. The van der Waals surface area contributed by atoms with Crippen LogP contribution in [0.2, 0.25) is 0 Å². The second-order valence-corrected chi connectivity index (χ2v) is 4.44. The normalized spacial score (nSPS) is 16.5. The van der Waals surface area contributed by atoms with Gasteiger partial charge in [-0.25, -0.2) is 0 Å². The minimum atomic E-state index is -0.540. The Bertz CT molecular complexity index is 175. The molecular weight excluding hydrogens is 168 g/mol. The quantitative estimate of drug-likeness (QED) is 0.577. The molecule has 0 rings (SSSR count). The third kappa shape index (κ3) is 4.24. The maximum Gasteiger partial charge on any atom is 0.237 e. The summed E-state index contributed by atoms with van der Waals surface area (Å²) in [5, 5.41) is 11.3. The first-order valence-corrected chi connectivity index (χ1v) is 4.46. The number of carbonyl (C=O) groups excluding carboxylic acids is 1. The number of rotatable bonds is 3. The number of aliphatic hydroxyl groups is 1. The van der Waals surface area contributed by atoms with E-state index in [1.807, 2.05) is 20.8 Å².